The van der Waals surface area contributed by atoms with Crippen molar-refractivity contribution in [2.45, 2.75) is 87.9 Å². The second kappa shape index (κ2) is 7.10. The van der Waals surface area contributed by atoms with Crippen LogP contribution in [0.15, 0.2) is 0 Å². The van der Waals surface area contributed by atoms with Crippen LogP contribution in [0, 0.1) is 5.92 Å². The summed E-state index contributed by atoms with van der Waals surface area (Å²) in [4.78, 5) is 12.4. The van der Waals surface area contributed by atoms with Crippen LogP contribution < -0.4 is 5.32 Å². The van der Waals surface area contributed by atoms with Crippen LogP contribution in [0.25, 0.3) is 0 Å². The van der Waals surface area contributed by atoms with Crippen molar-refractivity contribution in [1.29, 1.82) is 0 Å². The van der Waals surface area contributed by atoms with E-state index in [9.17, 15) is 4.79 Å². The van der Waals surface area contributed by atoms with E-state index in [0.717, 1.165) is 0 Å². The van der Waals surface area contributed by atoms with E-state index in [1.165, 1.54) is 11.4 Å². The van der Waals surface area contributed by atoms with Crippen LogP contribution in [0.2, 0.25) is 49.1 Å². The van der Waals surface area contributed by atoms with E-state index in [1.807, 2.05) is 0 Å². The molecule has 0 aromatic carbocycles. The molecule has 1 amide bonds. The zero-order chi connectivity index (χ0) is 17.3. The van der Waals surface area contributed by atoms with Gasteiger partial charge in [-0.15, -0.1) is 0 Å². The van der Waals surface area contributed by atoms with E-state index >= 15 is 0 Å². The first-order chi connectivity index (χ1) is 9.74. The molecule has 0 unspecified atom stereocenters. The zero-order valence-corrected chi connectivity index (χ0v) is 19.6. The van der Waals surface area contributed by atoms with Crippen molar-refractivity contribution in [3.8, 4) is 0 Å². The van der Waals surface area contributed by atoms with Crippen molar-refractivity contribution in [1.82, 2.24) is 5.32 Å². The van der Waals surface area contributed by atoms with E-state index in [-0.39, 0.29) is 23.0 Å². The summed E-state index contributed by atoms with van der Waals surface area (Å²) in [5.41, 5.74) is 0. The Bertz CT molecular complexity index is 402. The number of carbonyl (C=O) groups is 1. The Balaban J connectivity index is 2.56. The van der Waals surface area contributed by atoms with E-state index < -0.39 is 16.4 Å². The number of amides is 1. The van der Waals surface area contributed by atoms with Gasteiger partial charge in [0.25, 0.3) is 0 Å². The molecule has 130 valence electrons. The Kier molecular flexibility index (Phi) is 6.59. The van der Waals surface area contributed by atoms with Crippen LogP contribution >= 0.6 is 0 Å². The summed E-state index contributed by atoms with van der Waals surface area (Å²) in [7, 11) is -2.76. The summed E-state index contributed by atoms with van der Waals surface area (Å²) in [5, 5.41) is 4.61. The van der Waals surface area contributed by atoms with Gasteiger partial charge in [-0.05, 0) is 0 Å². The van der Waals surface area contributed by atoms with Crippen molar-refractivity contribution < 1.29 is 9.22 Å². The van der Waals surface area contributed by atoms with Crippen molar-refractivity contribution in [2.75, 3.05) is 0 Å². The van der Waals surface area contributed by atoms with Gasteiger partial charge in [-0.2, -0.15) is 0 Å². The van der Waals surface area contributed by atoms with Gasteiger partial charge < -0.3 is 0 Å². The normalized spacial score (nSPS) is 24.7. The maximum absolute atomic E-state index is 12.0. The molecule has 3 nitrogen and oxygen atoms in total. The zero-order valence-electron chi connectivity index (χ0n) is 15.9. The number of nitrogens with one attached hydrogen (secondary N) is 1. The third-order valence-electron chi connectivity index (χ3n) is 4.86. The van der Waals surface area contributed by atoms with Gasteiger partial charge in [-0.3, -0.25) is 0 Å². The summed E-state index contributed by atoms with van der Waals surface area (Å²) in [6.45, 7) is 20.7. The average molecular weight is 409 g/mol. The van der Waals surface area contributed by atoms with Crippen LogP contribution in [-0.2, 0) is 9.22 Å². The van der Waals surface area contributed by atoms with Gasteiger partial charge in [0.2, 0.25) is 0 Å². The third kappa shape index (κ3) is 5.48. The molecular weight excluding hydrogens is 373 g/mol. The first-order valence-electron chi connectivity index (χ1n) is 8.34. The molecule has 1 heterocycles. The number of β-lactam (4-membered cyclic amide) rings is 1. The quantitative estimate of drug-likeness (QED) is 0.512. The topological polar surface area (TPSA) is 38.3 Å². The van der Waals surface area contributed by atoms with Gasteiger partial charge in [-0.25, -0.2) is 0 Å². The predicted octanol–water partition coefficient (Wildman–Crippen LogP) is 3.93. The molecule has 0 aromatic rings. The summed E-state index contributed by atoms with van der Waals surface area (Å²) in [6.07, 6.45) is 0.0494. The van der Waals surface area contributed by atoms with Crippen molar-refractivity contribution in [2.24, 2.45) is 5.92 Å². The molecule has 0 aromatic heterocycles. The van der Waals surface area contributed by atoms with Gasteiger partial charge in [0.05, 0.1) is 0 Å². The summed E-state index contributed by atoms with van der Waals surface area (Å²) >= 11 is 0.504. The van der Waals surface area contributed by atoms with Gasteiger partial charge in [0.15, 0.2) is 0 Å². The Hall–Kier alpha value is 0.383. The molecule has 1 aliphatic rings. The molecule has 0 saturated carbocycles. The molecule has 1 rings (SSSR count). The standard InChI is InChI=1S/C16H35NO2SeSi2/c1-12(19-22(8,9)16(2,3)4)13-14(18)17-15(13)20-10-11-21(5,6)7/h12-13,15H,10-11H2,1-9H3,(H,17,18)/t12-,13+,15-/m1/s1. The fourth-order valence-corrected chi connectivity index (χ4v) is 11.0. The average Bonchev–Trinajstić information content (AvgIpc) is 2.22. The number of hydrogen-bond acceptors (Lipinski definition) is 2. The van der Waals surface area contributed by atoms with Crippen molar-refractivity contribution >= 4 is 37.3 Å². The number of hydrogen-bond donors (Lipinski definition) is 1. The van der Waals surface area contributed by atoms with E-state index in [0.29, 0.717) is 19.9 Å². The molecule has 0 radical (unpaired) electrons. The van der Waals surface area contributed by atoms with Gasteiger partial charge >= 0.3 is 146 Å². The monoisotopic (exact) mass is 409 g/mol. The molecule has 6 heteroatoms. The predicted molar refractivity (Wildman–Crippen MR) is 102 cm³/mol. The SMILES string of the molecule is C[C@@H](O[Si](C)(C)C(C)(C)C)[C@H]1C(=O)N[C@@H]1[Se]CC[Si](C)(C)C. The van der Waals surface area contributed by atoms with Crippen molar-refractivity contribution in [3.63, 3.8) is 0 Å². The van der Waals surface area contributed by atoms with Crippen LogP contribution in [0.4, 0.5) is 0 Å². The van der Waals surface area contributed by atoms with Crippen LogP contribution in [0.1, 0.15) is 27.7 Å². The fourth-order valence-electron chi connectivity index (χ4n) is 2.18. The molecule has 0 spiro atoms. The Morgan fingerprint density at radius 1 is 1.23 bits per heavy atom. The third-order valence-corrected chi connectivity index (χ3v) is 14.5. The van der Waals surface area contributed by atoms with Gasteiger partial charge in [0, 0.05) is 0 Å². The Morgan fingerprint density at radius 3 is 2.18 bits per heavy atom. The van der Waals surface area contributed by atoms with Gasteiger partial charge in [-0.1, -0.05) is 0 Å². The molecule has 22 heavy (non-hydrogen) atoms. The fraction of sp³-hybridized carbons (Fsp3) is 0.938. The minimum absolute atomic E-state index is 0.0494. The van der Waals surface area contributed by atoms with Crippen LogP contribution in [0.5, 0.6) is 0 Å². The second-order valence-electron chi connectivity index (χ2n) is 9.22. The summed E-state index contributed by atoms with van der Waals surface area (Å²) < 4.78 is 6.45. The first-order valence-corrected chi connectivity index (χ1v) is 17.2. The van der Waals surface area contributed by atoms with E-state index in [2.05, 4.69) is 65.7 Å². The molecule has 0 bridgehead atoms. The summed E-state index contributed by atoms with van der Waals surface area (Å²) in [5.74, 6) is 0.279. The molecule has 3 atom stereocenters. The minimum atomic E-state index is -1.80. The molecular formula is C16H35NO2SeSi2. The Morgan fingerprint density at radius 2 is 1.77 bits per heavy atom. The molecule has 1 aliphatic heterocycles. The molecule has 0 aliphatic carbocycles. The van der Waals surface area contributed by atoms with Crippen molar-refractivity contribution in [3.05, 3.63) is 0 Å². The van der Waals surface area contributed by atoms with Crippen LogP contribution in [-0.4, -0.2) is 48.3 Å². The maximum atomic E-state index is 12.0. The first kappa shape index (κ1) is 20.4. The number of carbonyl (C=O) groups excluding carboxylic acids is 1. The molecule has 1 N–H and O–H groups in total. The van der Waals surface area contributed by atoms with E-state index in [4.69, 9.17) is 4.43 Å². The Labute approximate surface area is 145 Å². The summed E-state index contributed by atoms with van der Waals surface area (Å²) in [6, 6.07) is 1.36. The second-order valence-corrected chi connectivity index (χ2v) is 22.2. The van der Waals surface area contributed by atoms with E-state index in [1.54, 1.807) is 0 Å². The van der Waals surface area contributed by atoms with Gasteiger partial charge in [0.1, 0.15) is 0 Å². The number of rotatable bonds is 7. The molecule has 1 fully saturated rings. The molecule has 1 saturated heterocycles. The van der Waals surface area contributed by atoms with Crippen LogP contribution in [0.3, 0.4) is 0 Å².